The number of nitrogens with two attached hydrogens (primary N) is 1. The Morgan fingerprint density at radius 2 is 2.38 bits per heavy atom. The Hall–Kier alpha value is -0.340. The monoisotopic (exact) mass is 193 g/mol. The molecule has 2 N–H and O–H groups in total. The minimum absolute atomic E-state index is 0.804. The van der Waals surface area contributed by atoms with E-state index in [0.29, 0.717) is 0 Å². The molecule has 0 radical (unpaired) electrons. The van der Waals surface area contributed by atoms with Crippen LogP contribution in [0.15, 0.2) is 6.07 Å². The zero-order chi connectivity index (χ0) is 8.84. The van der Waals surface area contributed by atoms with Crippen molar-refractivity contribution in [1.29, 1.82) is 0 Å². The van der Waals surface area contributed by atoms with Gasteiger partial charge in [-0.25, -0.2) is 0 Å². The molecule has 2 unspecified atom stereocenters. The van der Waals surface area contributed by atoms with Gasteiger partial charge in [0.1, 0.15) is 0 Å². The minimum Gasteiger partial charge on any atom is -0.330 e. The lowest BCUT2D eigenvalue weighted by atomic mass is 10.2. The fraction of sp³-hybridized carbons (Fsp3) is 0.636. The highest BCUT2D eigenvalue weighted by Crippen LogP contribution is 2.50. The third-order valence-corrected chi connectivity index (χ3v) is 4.73. The van der Waals surface area contributed by atoms with Crippen molar-refractivity contribution in [2.24, 2.45) is 11.7 Å². The third-order valence-electron chi connectivity index (χ3n) is 3.36. The number of thiophene rings is 1. The van der Waals surface area contributed by atoms with Gasteiger partial charge in [-0.15, -0.1) is 11.3 Å². The predicted molar refractivity (Wildman–Crippen MR) is 56.2 cm³/mol. The molecule has 1 aromatic rings. The van der Waals surface area contributed by atoms with Gasteiger partial charge >= 0.3 is 0 Å². The molecule has 1 fully saturated rings. The first-order chi connectivity index (χ1) is 6.38. The number of rotatable bonds is 2. The average Bonchev–Trinajstić information content (AvgIpc) is 2.60. The topological polar surface area (TPSA) is 26.0 Å². The number of aryl methyl sites for hydroxylation is 2. The number of hydrogen-bond donors (Lipinski definition) is 1. The summed E-state index contributed by atoms with van der Waals surface area (Å²) in [6, 6.07) is 2.45. The molecule has 2 heteroatoms. The summed E-state index contributed by atoms with van der Waals surface area (Å²) in [7, 11) is 0. The van der Waals surface area contributed by atoms with Gasteiger partial charge in [0.15, 0.2) is 0 Å². The summed E-state index contributed by atoms with van der Waals surface area (Å²) in [5.41, 5.74) is 7.30. The fourth-order valence-corrected chi connectivity index (χ4v) is 3.86. The van der Waals surface area contributed by atoms with Crippen LogP contribution in [-0.2, 0) is 12.8 Å². The van der Waals surface area contributed by atoms with Crippen molar-refractivity contribution in [3.05, 3.63) is 21.4 Å². The van der Waals surface area contributed by atoms with Crippen LogP contribution in [-0.4, -0.2) is 6.54 Å². The highest BCUT2D eigenvalue weighted by molar-refractivity contribution is 7.12. The maximum absolute atomic E-state index is 5.66. The molecule has 1 nitrogen and oxygen atoms in total. The van der Waals surface area contributed by atoms with Crippen LogP contribution in [0.1, 0.15) is 34.1 Å². The molecule has 2 aliphatic carbocycles. The summed E-state index contributed by atoms with van der Waals surface area (Å²) in [5, 5.41) is 0. The lowest BCUT2D eigenvalue weighted by molar-refractivity contribution is 0.814. The Kier molecular flexibility index (Phi) is 1.74. The summed E-state index contributed by atoms with van der Waals surface area (Å²) >= 11 is 2.06. The van der Waals surface area contributed by atoms with Gasteiger partial charge in [0, 0.05) is 9.75 Å². The number of fused-ring (bicyclic) bond motifs is 1. The molecule has 1 aromatic heterocycles. The molecule has 0 bridgehead atoms. The van der Waals surface area contributed by atoms with Crippen LogP contribution < -0.4 is 5.73 Å². The molecule has 0 saturated heterocycles. The molecule has 1 saturated carbocycles. The Morgan fingerprint density at radius 1 is 1.46 bits per heavy atom. The molecule has 0 aliphatic heterocycles. The summed E-state index contributed by atoms with van der Waals surface area (Å²) in [6.45, 7) is 0.882. The zero-order valence-electron chi connectivity index (χ0n) is 7.75. The second-order valence-corrected chi connectivity index (χ2v) is 5.46. The van der Waals surface area contributed by atoms with E-state index in [-0.39, 0.29) is 0 Å². The normalized spacial score (nSPS) is 30.5. The van der Waals surface area contributed by atoms with Gasteiger partial charge in [-0.3, -0.25) is 0 Å². The van der Waals surface area contributed by atoms with Crippen molar-refractivity contribution in [1.82, 2.24) is 0 Å². The van der Waals surface area contributed by atoms with E-state index in [0.717, 1.165) is 18.4 Å². The maximum atomic E-state index is 5.66. The van der Waals surface area contributed by atoms with Crippen molar-refractivity contribution in [3.8, 4) is 0 Å². The lowest BCUT2D eigenvalue weighted by Crippen LogP contribution is -2.01. The maximum Gasteiger partial charge on any atom is 0.00853 e. The van der Waals surface area contributed by atoms with Crippen molar-refractivity contribution >= 4 is 11.3 Å². The van der Waals surface area contributed by atoms with E-state index in [1.807, 2.05) is 0 Å². The van der Waals surface area contributed by atoms with Gasteiger partial charge < -0.3 is 5.73 Å². The molecule has 13 heavy (non-hydrogen) atoms. The molecule has 0 amide bonds. The second-order valence-electron chi connectivity index (χ2n) is 4.29. The van der Waals surface area contributed by atoms with Gasteiger partial charge in [0.05, 0.1) is 0 Å². The zero-order valence-corrected chi connectivity index (χ0v) is 8.57. The Bertz CT molecular complexity index is 307. The molecule has 2 aliphatic rings. The second kappa shape index (κ2) is 2.82. The van der Waals surface area contributed by atoms with Crippen molar-refractivity contribution < 1.29 is 0 Å². The van der Waals surface area contributed by atoms with Crippen molar-refractivity contribution in [2.45, 2.75) is 31.6 Å². The van der Waals surface area contributed by atoms with Gasteiger partial charge in [-0.1, -0.05) is 0 Å². The highest BCUT2D eigenvalue weighted by Gasteiger charge is 2.38. The van der Waals surface area contributed by atoms with Crippen LogP contribution in [0.25, 0.3) is 0 Å². The molecule has 0 spiro atoms. The molecule has 1 heterocycles. The molecule has 2 atom stereocenters. The van der Waals surface area contributed by atoms with E-state index < -0.39 is 0 Å². The van der Waals surface area contributed by atoms with Gasteiger partial charge in [-0.05, 0) is 55.7 Å². The Balaban J connectivity index is 1.84. The summed E-state index contributed by atoms with van der Waals surface area (Å²) in [6.07, 6.45) is 5.38. The molecular formula is C11H15NS. The molecular weight excluding hydrogens is 178 g/mol. The van der Waals surface area contributed by atoms with Crippen LogP contribution in [0.3, 0.4) is 0 Å². The van der Waals surface area contributed by atoms with Crippen LogP contribution >= 0.6 is 11.3 Å². The van der Waals surface area contributed by atoms with Gasteiger partial charge in [-0.2, -0.15) is 0 Å². The minimum atomic E-state index is 0.804. The average molecular weight is 193 g/mol. The first-order valence-corrected chi connectivity index (χ1v) is 6.01. The first kappa shape index (κ1) is 8.01. The van der Waals surface area contributed by atoms with E-state index in [2.05, 4.69) is 17.4 Å². The third kappa shape index (κ3) is 1.24. The van der Waals surface area contributed by atoms with E-state index in [9.17, 15) is 0 Å². The van der Waals surface area contributed by atoms with Crippen molar-refractivity contribution in [3.63, 3.8) is 0 Å². The van der Waals surface area contributed by atoms with Crippen LogP contribution in [0.4, 0.5) is 0 Å². The van der Waals surface area contributed by atoms with Gasteiger partial charge in [0.2, 0.25) is 0 Å². The van der Waals surface area contributed by atoms with Crippen molar-refractivity contribution in [2.75, 3.05) is 6.54 Å². The van der Waals surface area contributed by atoms with Crippen LogP contribution in [0, 0.1) is 5.92 Å². The largest absolute Gasteiger partial charge is 0.330 e. The smallest absolute Gasteiger partial charge is 0.00853 e. The Morgan fingerprint density at radius 3 is 3.08 bits per heavy atom. The molecule has 3 rings (SSSR count). The van der Waals surface area contributed by atoms with E-state index >= 15 is 0 Å². The summed E-state index contributed by atoms with van der Waals surface area (Å²) in [4.78, 5) is 3.29. The fourth-order valence-electron chi connectivity index (χ4n) is 2.39. The van der Waals surface area contributed by atoms with Crippen LogP contribution in [0.2, 0.25) is 0 Å². The highest BCUT2D eigenvalue weighted by atomic mass is 32.1. The molecule has 70 valence electrons. The van der Waals surface area contributed by atoms with E-state index in [1.54, 1.807) is 15.3 Å². The summed E-state index contributed by atoms with van der Waals surface area (Å²) in [5.74, 6) is 1.64. The van der Waals surface area contributed by atoms with E-state index in [4.69, 9.17) is 5.73 Å². The first-order valence-electron chi connectivity index (χ1n) is 5.20. The van der Waals surface area contributed by atoms with E-state index in [1.165, 1.54) is 25.7 Å². The van der Waals surface area contributed by atoms with Crippen LogP contribution in [0.5, 0.6) is 0 Å². The SMILES string of the molecule is NCC1CC1c1cc2c(s1)CCC2. The summed E-state index contributed by atoms with van der Waals surface area (Å²) < 4.78 is 0. The standard InChI is InChI=1S/C11H15NS/c12-6-8-4-9(8)11-5-7-2-1-3-10(7)13-11/h5,8-9H,1-4,6,12H2. The lowest BCUT2D eigenvalue weighted by Gasteiger charge is -1.92. The Labute approximate surface area is 83.0 Å². The number of hydrogen-bond acceptors (Lipinski definition) is 2. The molecule has 0 aromatic carbocycles. The quantitative estimate of drug-likeness (QED) is 0.766. The predicted octanol–water partition coefficient (Wildman–Crippen LogP) is 2.30. The van der Waals surface area contributed by atoms with Gasteiger partial charge in [0.25, 0.3) is 0 Å².